The number of nitrogens with zero attached hydrogens (tertiary/aromatic N) is 1. The molecule has 2 rings (SSSR count). The van der Waals surface area contributed by atoms with Crippen LogP contribution in [0.2, 0.25) is 0 Å². The number of hydrogen-bond acceptors (Lipinski definition) is 3. The molecule has 0 aliphatic rings. The van der Waals surface area contributed by atoms with Gasteiger partial charge in [-0.05, 0) is 36.4 Å². The van der Waals surface area contributed by atoms with E-state index in [1.807, 2.05) is 12.1 Å². The van der Waals surface area contributed by atoms with E-state index >= 15 is 0 Å². The van der Waals surface area contributed by atoms with Crippen molar-refractivity contribution in [3.63, 3.8) is 0 Å². The summed E-state index contributed by atoms with van der Waals surface area (Å²) < 4.78 is 18.6. The van der Waals surface area contributed by atoms with E-state index in [4.69, 9.17) is 10.00 Å². The Morgan fingerprint density at radius 3 is 2.53 bits per heavy atom. The van der Waals surface area contributed by atoms with Gasteiger partial charge in [0.1, 0.15) is 6.61 Å². The van der Waals surface area contributed by atoms with Crippen LogP contribution in [0.15, 0.2) is 48.5 Å². The molecule has 0 saturated carbocycles. The number of para-hydroxylation sites is 1. The number of nitriles is 1. The average molecular weight is 256 g/mol. The second-order valence-electron chi connectivity index (χ2n) is 3.89. The summed E-state index contributed by atoms with van der Waals surface area (Å²) in [5, 5.41) is 11.8. The van der Waals surface area contributed by atoms with Gasteiger partial charge >= 0.3 is 0 Å². The fourth-order valence-corrected chi connectivity index (χ4v) is 1.58. The van der Waals surface area contributed by atoms with E-state index < -0.39 is 0 Å². The van der Waals surface area contributed by atoms with Gasteiger partial charge in [0, 0.05) is 12.2 Å². The summed E-state index contributed by atoms with van der Waals surface area (Å²) in [4.78, 5) is 0. The zero-order chi connectivity index (χ0) is 13.5. The lowest BCUT2D eigenvalue weighted by Crippen LogP contribution is -2.11. The highest BCUT2D eigenvalue weighted by atomic mass is 19.1. The Morgan fingerprint density at radius 1 is 1.11 bits per heavy atom. The van der Waals surface area contributed by atoms with Crippen molar-refractivity contribution in [2.45, 2.75) is 0 Å². The topological polar surface area (TPSA) is 45.0 Å². The monoisotopic (exact) mass is 256 g/mol. The van der Waals surface area contributed by atoms with Gasteiger partial charge in [-0.1, -0.05) is 12.1 Å². The number of nitrogens with one attached hydrogen (secondary N) is 1. The van der Waals surface area contributed by atoms with Gasteiger partial charge < -0.3 is 10.1 Å². The van der Waals surface area contributed by atoms with Crippen LogP contribution in [0, 0.1) is 17.1 Å². The van der Waals surface area contributed by atoms with Crippen LogP contribution in [-0.2, 0) is 0 Å². The van der Waals surface area contributed by atoms with E-state index in [0.29, 0.717) is 18.7 Å². The third kappa shape index (κ3) is 3.71. The van der Waals surface area contributed by atoms with Crippen LogP contribution in [0.4, 0.5) is 10.1 Å². The predicted molar refractivity (Wildman–Crippen MR) is 71.5 cm³/mol. The Balaban J connectivity index is 1.78. The molecule has 0 radical (unpaired) electrons. The Morgan fingerprint density at radius 2 is 1.84 bits per heavy atom. The lowest BCUT2D eigenvalue weighted by atomic mass is 10.2. The van der Waals surface area contributed by atoms with E-state index in [-0.39, 0.29) is 11.6 Å². The summed E-state index contributed by atoms with van der Waals surface area (Å²) in [6.07, 6.45) is 0. The van der Waals surface area contributed by atoms with E-state index in [1.165, 1.54) is 6.07 Å². The fraction of sp³-hybridized carbons (Fsp3) is 0.133. The standard InChI is InChI=1S/C15H13FN2O/c16-14-3-1-2-4-15(14)19-10-9-18-13-7-5-12(11-17)6-8-13/h1-8,18H,9-10H2. The van der Waals surface area contributed by atoms with Crippen LogP contribution in [0.3, 0.4) is 0 Å². The van der Waals surface area contributed by atoms with Crippen LogP contribution in [0.1, 0.15) is 5.56 Å². The van der Waals surface area contributed by atoms with Gasteiger partial charge in [0.15, 0.2) is 11.6 Å². The maximum absolute atomic E-state index is 13.2. The molecular weight excluding hydrogens is 243 g/mol. The Hall–Kier alpha value is -2.54. The number of halogens is 1. The first kappa shape index (κ1) is 12.9. The molecule has 0 unspecified atom stereocenters. The normalized spacial score (nSPS) is 9.68. The molecule has 2 aromatic rings. The lowest BCUT2D eigenvalue weighted by Gasteiger charge is -2.09. The van der Waals surface area contributed by atoms with Crippen molar-refractivity contribution in [1.82, 2.24) is 0 Å². The highest BCUT2D eigenvalue weighted by Gasteiger charge is 2.00. The molecule has 1 N–H and O–H groups in total. The molecule has 19 heavy (non-hydrogen) atoms. The second kappa shape index (κ2) is 6.41. The number of ether oxygens (including phenoxy) is 1. The maximum atomic E-state index is 13.2. The molecule has 0 bridgehead atoms. The summed E-state index contributed by atoms with van der Waals surface area (Å²) in [5.74, 6) is -0.106. The Bertz CT molecular complexity index is 575. The molecule has 96 valence electrons. The molecule has 0 spiro atoms. The highest BCUT2D eigenvalue weighted by molar-refractivity contribution is 5.47. The molecule has 0 aliphatic heterocycles. The van der Waals surface area contributed by atoms with E-state index in [1.54, 1.807) is 30.3 Å². The number of hydrogen-bond donors (Lipinski definition) is 1. The molecule has 0 atom stereocenters. The number of anilines is 1. The SMILES string of the molecule is N#Cc1ccc(NCCOc2ccccc2F)cc1. The fourth-order valence-electron chi connectivity index (χ4n) is 1.58. The zero-order valence-electron chi connectivity index (χ0n) is 10.3. The third-order valence-corrected chi connectivity index (χ3v) is 2.54. The molecule has 0 heterocycles. The van der Waals surface area contributed by atoms with Crippen molar-refractivity contribution in [3.8, 4) is 11.8 Å². The second-order valence-corrected chi connectivity index (χ2v) is 3.89. The van der Waals surface area contributed by atoms with Crippen molar-refractivity contribution in [2.24, 2.45) is 0 Å². The van der Waals surface area contributed by atoms with Crippen molar-refractivity contribution in [1.29, 1.82) is 5.26 Å². The molecule has 0 aromatic heterocycles. The van der Waals surface area contributed by atoms with E-state index in [0.717, 1.165) is 5.69 Å². The van der Waals surface area contributed by atoms with Crippen LogP contribution >= 0.6 is 0 Å². The molecule has 4 heteroatoms. The molecular formula is C15H13FN2O. The molecule has 2 aromatic carbocycles. The Kier molecular flexibility index (Phi) is 4.35. The van der Waals surface area contributed by atoms with Gasteiger partial charge in [-0.2, -0.15) is 5.26 Å². The number of rotatable bonds is 5. The first-order valence-corrected chi connectivity index (χ1v) is 5.91. The molecule has 3 nitrogen and oxygen atoms in total. The van der Waals surface area contributed by atoms with Gasteiger partial charge in [0.2, 0.25) is 0 Å². The first-order valence-electron chi connectivity index (χ1n) is 5.91. The highest BCUT2D eigenvalue weighted by Crippen LogP contribution is 2.15. The van der Waals surface area contributed by atoms with Crippen molar-refractivity contribution < 1.29 is 9.13 Å². The smallest absolute Gasteiger partial charge is 0.165 e. The summed E-state index contributed by atoms with van der Waals surface area (Å²) >= 11 is 0. The number of benzene rings is 2. The van der Waals surface area contributed by atoms with Crippen molar-refractivity contribution >= 4 is 5.69 Å². The van der Waals surface area contributed by atoms with Crippen LogP contribution in [0.5, 0.6) is 5.75 Å². The van der Waals surface area contributed by atoms with Crippen LogP contribution in [-0.4, -0.2) is 13.2 Å². The summed E-state index contributed by atoms with van der Waals surface area (Å²) in [6, 6.07) is 15.5. The van der Waals surface area contributed by atoms with Crippen LogP contribution in [0.25, 0.3) is 0 Å². The Labute approximate surface area is 111 Å². The summed E-state index contributed by atoms with van der Waals surface area (Å²) in [7, 11) is 0. The van der Waals surface area contributed by atoms with Gasteiger partial charge in [-0.25, -0.2) is 4.39 Å². The summed E-state index contributed by atoms with van der Waals surface area (Å²) in [6.45, 7) is 0.918. The van der Waals surface area contributed by atoms with Crippen LogP contribution < -0.4 is 10.1 Å². The van der Waals surface area contributed by atoms with E-state index in [9.17, 15) is 4.39 Å². The molecule has 0 aliphatic carbocycles. The van der Waals surface area contributed by atoms with Gasteiger partial charge in [0.25, 0.3) is 0 Å². The minimum absolute atomic E-state index is 0.254. The molecule has 0 fully saturated rings. The third-order valence-electron chi connectivity index (χ3n) is 2.54. The van der Waals surface area contributed by atoms with E-state index in [2.05, 4.69) is 11.4 Å². The maximum Gasteiger partial charge on any atom is 0.165 e. The average Bonchev–Trinajstić information content (AvgIpc) is 2.46. The van der Waals surface area contributed by atoms with Crippen molar-refractivity contribution in [3.05, 3.63) is 59.9 Å². The predicted octanol–water partition coefficient (Wildman–Crippen LogP) is 3.19. The van der Waals surface area contributed by atoms with Crippen molar-refractivity contribution in [2.75, 3.05) is 18.5 Å². The minimum atomic E-state index is -0.360. The lowest BCUT2D eigenvalue weighted by molar-refractivity contribution is 0.315. The van der Waals surface area contributed by atoms with Gasteiger partial charge in [0.05, 0.1) is 11.6 Å². The summed E-state index contributed by atoms with van der Waals surface area (Å²) in [5.41, 5.74) is 1.52. The zero-order valence-corrected chi connectivity index (χ0v) is 10.3. The minimum Gasteiger partial charge on any atom is -0.489 e. The molecule has 0 saturated heterocycles. The largest absolute Gasteiger partial charge is 0.489 e. The van der Waals surface area contributed by atoms with Gasteiger partial charge in [-0.3, -0.25) is 0 Å². The first-order chi connectivity index (χ1) is 9.29. The van der Waals surface area contributed by atoms with Gasteiger partial charge in [-0.15, -0.1) is 0 Å². The quantitative estimate of drug-likeness (QED) is 0.835. The molecule has 0 amide bonds.